The van der Waals surface area contributed by atoms with Crippen molar-refractivity contribution in [1.82, 2.24) is 0 Å². The summed E-state index contributed by atoms with van der Waals surface area (Å²) in [5, 5.41) is 29.3. The van der Waals surface area contributed by atoms with Gasteiger partial charge in [0.2, 0.25) is 0 Å². The van der Waals surface area contributed by atoms with Gasteiger partial charge in [0.15, 0.2) is 0 Å². The van der Waals surface area contributed by atoms with Gasteiger partial charge in [-0.2, -0.15) is 0 Å². The Bertz CT molecular complexity index is 538. The summed E-state index contributed by atoms with van der Waals surface area (Å²) in [6.45, 7) is 8.39. The fraction of sp³-hybridized carbons (Fsp3) is 0.864. The van der Waals surface area contributed by atoms with Crippen molar-refractivity contribution >= 4 is 5.78 Å². The Morgan fingerprint density at radius 1 is 1.19 bits per heavy atom. The van der Waals surface area contributed by atoms with E-state index in [0.29, 0.717) is 6.42 Å². The molecule has 0 spiro atoms. The first-order chi connectivity index (χ1) is 12.2. The SMILES string of the molecule is CC(=O)[C@]12C[C@@H](C)[C@](CO)(CC/C(=C/CO)CO)[C@H]1CCCCC2(C)C. The molecule has 2 aliphatic rings. The van der Waals surface area contributed by atoms with Crippen LogP contribution < -0.4 is 0 Å². The minimum Gasteiger partial charge on any atom is -0.396 e. The number of carbonyl (C=O) groups excluding carboxylic acids is 1. The van der Waals surface area contributed by atoms with Crippen LogP contribution in [0.5, 0.6) is 0 Å². The highest BCUT2D eigenvalue weighted by molar-refractivity contribution is 5.84. The van der Waals surface area contributed by atoms with Gasteiger partial charge in [0.1, 0.15) is 5.78 Å². The van der Waals surface area contributed by atoms with E-state index in [2.05, 4.69) is 20.8 Å². The maximum Gasteiger partial charge on any atom is 0.136 e. The summed E-state index contributed by atoms with van der Waals surface area (Å²) in [6, 6.07) is 0. The van der Waals surface area contributed by atoms with Crippen LogP contribution in [-0.4, -0.2) is 40.9 Å². The Kier molecular flexibility index (Phi) is 6.74. The number of ketones is 1. The summed E-state index contributed by atoms with van der Waals surface area (Å²) in [7, 11) is 0. The standard InChI is InChI=1S/C22H38O4/c1-16-13-22(17(2)26)19(7-5-6-10-20(22,3)4)21(16,15-25)11-8-18(14-24)9-12-23/h9,16,19,23-25H,5-8,10-15H2,1-4H3/b18-9-/t16-,19-,21-,22-/m1/s1. The fourth-order valence-corrected chi connectivity index (χ4v) is 6.48. The average Bonchev–Trinajstić information content (AvgIpc) is 2.77. The van der Waals surface area contributed by atoms with E-state index in [1.807, 2.05) is 0 Å². The first kappa shape index (κ1) is 21.6. The van der Waals surface area contributed by atoms with Gasteiger partial charge in [-0.15, -0.1) is 0 Å². The predicted octanol–water partition coefficient (Wildman–Crippen LogP) is 3.49. The molecule has 26 heavy (non-hydrogen) atoms. The maximum absolute atomic E-state index is 13.1. The molecule has 3 N–H and O–H groups in total. The lowest BCUT2D eigenvalue weighted by molar-refractivity contribution is -0.140. The van der Waals surface area contributed by atoms with Crippen LogP contribution in [0.3, 0.4) is 0 Å². The lowest BCUT2D eigenvalue weighted by Gasteiger charge is -2.49. The van der Waals surface area contributed by atoms with Crippen molar-refractivity contribution in [2.24, 2.45) is 28.1 Å². The molecule has 4 heteroatoms. The van der Waals surface area contributed by atoms with Gasteiger partial charge in [-0.05, 0) is 61.9 Å². The highest BCUT2D eigenvalue weighted by Gasteiger charge is 2.66. The number of fused-ring (bicyclic) bond motifs is 1. The lowest BCUT2D eigenvalue weighted by atomic mass is 9.54. The van der Waals surface area contributed by atoms with Gasteiger partial charge in [-0.3, -0.25) is 4.79 Å². The molecule has 2 aliphatic carbocycles. The van der Waals surface area contributed by atoms with Crippen LogP contribution in [0.25, 0.3) is 0 Å². The number of hydrogen-bond donors (Lipinski definition) is 3. The molecule has 0 amide bonds. The molecule has 0 unspecified atom stereocenters. The molecule has 0 aromatic heterocycles. The Morgan fingerprint density at radius 3 is 2.42 bits per heavy atom. The van der Waals surface area contributed by atoms with Crippen LogP contribution in [0.15, 0.2) is 11.6 Å². The normalized spacial score (nSPS) is 37.3. The molecule has 0 heterocycles. The summed E-state index contributed by atoms with van der Waals surface area (Å²) in [6.07, 6.45) is 8.23. The van der Waals surface area contributed by atoms with Crippen molar-refractivity contribution in [2.45, 2.75) is 72.6 Å². The summed E-state index contributed by atoms with van der Waals surface area (Å²) in [4.78, 5) is 13.1. The number of aliphatic hydroxyl groups excluding tert-OH is 3. The third-order valence-corrected chi connectivity index (χ3v) is 8.07. The van der Waals surface area contributed by atoms with Crippen molar-refractivity contribution in [3.63, 3.8) is 0 Å². The number of rotatable bonds is 7. The van der Waals surface area contributed by atoms with Crippen LogP contribution in [0.2, 0.25) is 0 Å². The molecule has 4 atom stereocenters. The van der Waals surface area contributed by atoms with Crippen LogP contribution in [-0.2, 0) is 4.79 Å². The highest BCUT2D eigenvalue weighted by atomic mass is 16.3. The van der Waals surface area contributed by atoms with Crippen molar-refractivity contribution < 1.29 is 20.1 Å². The molecule has 150 valence electrons. The van der Waals surface area contributed by atoms with Crippen LogP contribution in [0, 0.1) is 28.1 Å². The summed E-state index contributed by atoms with van der Waals surface area (Å²) in [5.41, 5.74) is 0.0926. The van der Waals surface area contributed by atoms with Crippen LogP contribution in [0.1, 0.15) is 72.6 Å². The second-order valence-electron chi connectivity index (χ2n) is 9.41. The second kappa shape index (κ2) is 8.12. The van der Waals surface area contributed by atoms with Gasteiger partial charge in [-0.25, -0.2) is 0 Å². The highest BCUT2D eigenvalue weighted by Crippen LogP contribution is 2.69. The van der Waals surface area contributed by atoms with Gasteiger partial charge < -0.3 is 15.3 Å². The molecule has 0 aromatic rings. The van der Waals surface area contributed by atoms with Crippen molar-refractivity contribution in [3.05, 3.63) is 11.6 Å². The molecule has 4 nitrogen and oxygen atoms in total. The minimum absolute atomic E-state index is 0.0636. The van der Waals surface area contributed by atoms with E-state index < -0.39 is 0 Å². The maximum atomic E-state index is 13.1. The molecule has 0 saturated heterocycles. The smallest absolute Gasteiger partial charge is 0.136 e. The number of carbonyl (C=O) groups is 1. The van der Waals surface area contributed by atoms with E-state index in [-0.39, 0.29) is 53.7 Å². The van der Waals surface area contributed by atoms with Gasteiger partial charge in [0.05, 0.1) is 13.2 Å². The van der Waals surface area contributed by atoms with E-state index in [1.165, 1.54) is 0 Å². The zero-order valence-corrected chi connectivity index (χ0v) is 17.1. The van der Waals surface area contributed by atoms with E-state index in [9.17, 15) is 15.0 Å². The first-order valence-corrected chi connectivity index (χ1v) is 10.2. The summed E-state index contributed by atoms with van der Waals surface area (Å²) in [5.74, 6) is 0.719. The lowest BCUT2D eigenvalue weighted by Crippen LogP contribution is -2.49. The number of aliphatic hydroxyl groups is 3. The van der Waals surface area contributed by atoms with E-state index in [4.69, 9.17) is 5.11 Å². The molecular weight excluding hydrogens is 328 g/mol. The Hall–Kier alpha value is -0.710. The Balaban J connectivity index is 2.46. The van der Waals surface area contributed by atoms with Gasteiger partial charge >= 0.3 is 0 Å². The Labute approximate surface area is 158 Å². The second-order valence-corrected chi connectivity index (χ2v) is 9.41. The third kappa shape index (κ3) is 3.29. The molecule has 0 aromatic carbocycles. The van der Waals surface area contributed by atoms with Crippen LogP contribution >= 0.6 is 0 Å². The quantitative estimate of drug-likeness (QED) is 0.603. The van der Waals surface area contributed by atoms with Crippen molar-refractivity contribution in [3.8, 4) is 0 Å². The molecule has 0 radical (unpaired) electrons. The monoisotopic (exact) mass is 366 g/mol. The van der Waals surface area contributed by atoms with Gasteiger partial charge in [0.25, 0.3) is 0 Å². The molecular formula is C22H38O4. The van der Waals surface area contributed by atoms with Crippen molar-refractivity contribution in [2.75, 3.05) is 19.8 Å². The topological polar surface area (TPSA) is 77.8 Å². The van der Waals surface area contributed by atoms with Crippen molar-refractivity contribution in [1.29, 1.82) is 0 Å². The van der Waals surface area contributed by atoms with E-state index >= 15 is 0 Å². The van der Waals surface area contributed by atoms with Crippen LogP contribution in [0.4, 0.5) is 0 Å². The van der Waals surface area contributed by atoms with E-state index in [0.717, 1.165) is 44.1 Å². The summed E-state index contributed by atoms with van der Waals surface area (Å²) >= 11 is 0. The minimum atomic E-state index is -0.369. The zero-order valence-electron chi connectivity index (χ0n) is 17.1. The number of hydrogen-bond acceptors (Lipinski definition) is 4. The third-order valence-electron chi connectivity index (χ3n) is 8.07. The fourth-order valence-electron chi connectivity index (χ4n) is 6.48. The van der Waals surface area contributed by atoms with Gasteiger partial charge in [-0.1, -0.05) is 39.7 Å². The largest absolute Gasteiger partial charge is 0.396 e. The average molecular weight is 367 g/mol. The zero-order chi connectivity index (χ0) is 19.6. The molecule has 0 aliphatic heterocycles. The number of Topliss-reactive ketones (excluding diaryl/α,β-unsaturated/α-hetero) is 1. The molecule has 0 bridgehead atoms. The Morgan fingerprint density at radius 2 is 1.88 bits per heavy atom. The van der Waals surface area contributed by atoms with E-state index in [1.54, 1.807) is 13.0 Å². The molecule has 2 rings (SSSR count). The molecule has 2 saturated carbocycles. The predicted molar refractivity (Wildman–Crippen MR) is 104 cm³/mol. The van der Waals surface area contributed by atoms with Gasteiger partial charge in [0, 0.05) is 17.4 Å². The summed E-state index contributed by atoms with van der Waals surface area (Å²) < 4.78 is 0. The first-order valence-electron chi connectivity index (χ1n) is 10.2. The molecule has 2 fully saturated rings.